The van der Waals surface area contributed by atoms with Crippen molar-refractivity contribution >= 4 is 22.8 Å². The zero-order chi connectivity index (χ0) is 16.8. The van der Waals surface area contributed by atoms with Crippen LogP contribution in [0.25, 0.3) is 10.9 Å². The van der Waals surface area contributed by atoms with Crippen molar-refractivity contribution < 1.29 is 19.4 Å². The SMILES string of the molecule is C=CCN(C)CCc1c[nH]c2cc(OC(=O)CC(=O)O)ccc12. The first-order valence-corrected chi connectivity index (χ1v) is 7.31. The van der Waals surface area contributed by atoms with Crippen LogP contribution in [-0.4, -0.2) is 47.1 Å². The highest BCUT2D eigenvalue weighted by Gasteiger charge is 2.11. The van der Waals surface area contributed by atoms with Gasteiger partial charge in [-0.3, -0.25) is 9.59 Å². The summed E-state index contributed by atoms with van der Waals surface area (Å²) >= 11 is 0. The molecule has 0 atom stereocenters. The van der Waals surface area contributed by atoms with E-state index in [0.29, 0.717) is 5.75 Å². The molecule has 0 saturated carbocycles. The molecule has 0 aliphatic heterocycles. The molecule has 1 aromatic carbocycles. The van der Waals surface area contributed by atoms with Crippen molar-refractivity contribution in [3.05, 3.63) is 42.6 Å². The second kappa shape index (κ2) is 7.60. The Morgan fingerprint density at radius 3 is 2.91 bits per heavy atom. The number of carboxylic acid groups (broad SMARTS) is 1. The van der Waals surface area contributed by atoms with E-state index in [1.807, 2.05) is 25.4 Å². The average molecular weight is 316 g/mol. The topological polar surface area (TPSA) is 82.6 Å². The van der Waals surface area contributed by atoms with Crippen molar-refractivity contribution in [3.8, 4) is 5.75 Å². The second-order valence-electron chi connectivity index (χ2n) is 5.37. The average Bonchev–Trinajstić information content (AvgIpc) is 2.87. The predicted molar refractivity (Wildman–Crippen MR) is 87.6 cm³/mol. The van der Waals surface area contributed by atoms with E-state index in [1.165, 1.54) is 5.56 Å². The Balaban J connectivity index is 2.06. The molecular weight excluding hydrogens is 296 g/mol. The number of H-pyrrole nitrogens is 1. The first-order chi connectivity index (χ1) is 11.0. The molecule has 23 heavy (non-hydrogen) atoms. The van der Waals surface area contributed by atoms with Crippen molar-refractivity contribution in [2.45, 2.75) is 12.8 Å². The molecule has 0 saturated heterocycles. The molecule has 6 nitrogen and oxygen atoms in total. The van der Waals surface area contributed by atoms with E-state index in [0.717, 1.165) is 30.4 Å². The van der Waals surface area contributed by atoms with Gasteiger partial charge in [0.05, 0.1) is 0 Å². The van der Waals surface area contributed by atoms with Gasteiger partial charge in [-0.1, -0.05) is 6.08 Å². The lowest BCUT2D eigenvalue weighted by molar-refractivity contribution is -0.145. The van der Waals surface area contributed by atoms with E-state index in [9.17, 15) is 9.59 Å². The van der Waals surface area contributed by atoms with Crippen LogP contribution in [0.4, 0.5) is 0 Å². The van der Waals surface area contributed by atoms with Crippen LogP contribution in [0.5, 0.6) is 5.75 Å². The van der Waals surface area contributed by atoms with Gasteiger partial charge in [-0.05, 0) is 31.2 Å². The molecule has 0 radical (unpaired) electrons. The number of carbonyl (C=O) groups is 2. The molecule has 0 bridgehead atoms. The smallest absolute Gasteiger partial charge is 0.322 e. The Hall–Kier alpha value is -2.60. The zero-order valence-electron chi connectivity index (χ0n) is 13.0. The minimum Gasteiger partial charge on any atom is -0.481 e. The number of carbonyl (C=O) groups excluding carboxylic acids is 1. The summed E-state index contributed by atoms with van der Waals surface area (Å²) in [5.41, 5.74) is 2.03. The molecule has 0 fully saturated rings. The number of aromatic amines is 1. The highest BCUT2D eigenvalue weighted by molar-refractivity contribution is 5.92. The number of fused-ring (bicyclic) bond motifs is 1. The van der Waals surface area contributed by atoms with Crippen LogP contribution in [0, 0.1) is 0 Å². The summed E-state index contributed by atoms with van der Waals surface area (Å²) in [5, 5.41) is 9.63. The maximum atomic E-state index is 11.4. The van der Waals surface area contributed by atoms with Gasteiger partial charge < -0.3 is 19.7 Å². The first kappa shape index (κ1) is 16.8. The molecule has 2 rings (SSSR count). The van der Waals surface area contributed by atoms with Gasteiger partial charge in [0, 0.05) is 36.3 Å². The molecule has 122 valence electrons. The summed E-state index contributed by atoms with van der Waals surface area (Å²) < 4.78 is 5.01. The van der Waals surface area contributed by atoms with E-state index in [1.54, 1.807) is 12.1 Å². The number of rotatable bonds is 8. The third-order valence-electron chi connectivity index (χ3n) is 3.47. The number of aromatic nitrogens is 1. The van der Waals surface area contributed by atoms with Gasteiger partial charge in [0.25, 0.3) is 0 Å². The molecule has 0 aliphatic carbocycles. The number of nitrogens with zero attached hydrogens (tertiary/aromatic N) is 1. The summed E-state index contributed by atoms with van der Waals surface area (Å²) in [4.78, 5) is 27.2. The minimum absolute atomic E-state index is 0.334. The number of esters is 1. The zero-order valence-corrected chi connectivity index (χ0v) is 13.0. The Bertz CT molecular complexity index is 720. The molecule has 6 heteroatoms. The van der Waals surface area contributed by atoms with Crippen LogP contribution in [0.15, 0.2) is 37.1 Å². The summed E-state index contributed by atoms with van der Waals surface area (Å²) in [5.74, 6) is -1.66. The number of hydrogen-bond acceptors (Lipinski definition) is 4. The van der Waals surface area contributed by atoms with Crippen LogP contribution < -0.4 is 4.74 Å². The fourth-order valence-electron chi connectivity index (χ4n) is 2.35. The lowest BCUT2D eigenvalue weighted by Crippen LogP contribution is -2.20. The number of ether oxygens (including phenoxy) is 1. The standard InChI is InChI=1S/C17H20N2O4/c1-3-7-19(2)8-6-12-11-18-15-9-13(4-5-14(12)15)23-17(22)10-16(20)21/h3-5,9,11,18H,1,6-8,10H2,2H3,(H,20,21). The third kappa shape index (κ3) is 4.69. The van der Waals surface area contributed by atoms with Crippen molar-refractivity contribution in [1.29, 1.82) is 0 Å². The summed E-state index contributed by atoms with van der Waals surface area (Å²) in [7, 11) is 2.04. The number of aliphatic carboxylic acids is 1. The first-order valence-electron chi connectivity index (χ1n) is 7.31. The van der Waals surface area contributed by atoms with Gasteiger partial charge in [-0.15, -0.1) is 6.58 Å². The van der Waals surface area contributed by atoms with Gasteiger partial charge in [0.1, 0.15) is 12.2 Å². The van der Waals surface area contributed by atoms with Gasteiger partial charge in [-0.25, -0.2) is 0 Å². The lowest BCUT2D eigenvalue weighted by Gasteiger charge is -2.13. The molecule has 2 N–H and O–H groups in total. The number of carboxylic acids is 1. The third-order valence-corrected chi connectivity index (χ3v) is 3.47. The largest absolute Gasteiger partial charge is 0.481 e. The van der Waals surface area contributed by atoms with Gasteiger partial charge in [0.2, 0.25) is 0 Å². The summed E-state index contributed by atoms with van der Waals surface area (Å²) in [6.07, 6.45) is 4.05. The molecule has 0 aliphatic rings. The van der Waals surface area contributed by atoms with Gasteiger partial charge in [0.15, 0.2) is 0 Å². The molecule has 0 unspecified atom stereocenters. The quantitative estimate of drug-likeness (QED) is 0.338. The summed E-state index contributed by atoms with van der Waals surface area (Å²) in [6.45, 7) is 5.47. The van der Waals surface area contributed by atoms with E-state index < -0.39 is 18.4 Å². The number of likely N-dealkylation sites (N-methyl/N-ethyl adjacent to an activating group) is 1. The molecule has 1 aromatic heterocycles. The van der Waals surface area contributed by atoms with Gasteiger partial charge >= 0.3 is 11.9 Å². The van der Waals surface area contributed by atoms with E-state index >= 15 is 0 Å². The number of benzene rings is 1. The molecule has 0 amide bonds. The van der Waals surface area contributed by atoms with Crippen LogP contribution in [0.3, 0.4) is 0 Å². The number of hydrogen-bond donors (Lipinski definition) is 2. The monoisotopic (exact) mass is 316 g/mol. The highest BCUT2D eigenvalue weighted by atomic mass is 16.5. The van der Waals surface area contributed by atoms with Crippen molar-refractivity contribution in [3.63, 3.8) is 0 Å². The number of nitrogens with one attached hydrogen (secondary N) is 1. The lowest BCUT2D eigenvalue weighted by atomic mass is 10.1. The fraction of sp³-hybridized carbons (Fsp3) is 0.294. The predicted octanol–water partition coefficient (Wildman–Crippen LogP) is 2.21. The molecule has 2 aromatic rings. The van der Waals surface area contributed by atoms with Gasteiger partial charge in [-0.2, -0.15) is 0 Å². The minimum atomic E-state index is -1.21. The maximum absolute atomic E-state index is 11.4. The van der Waals surface area contributed by atoms with E-state index in [4.69, 9.17) is 9.84 Å². The van der Waals surface area contributed by atoms with E-state index in [2.05, 4.69) is 16.5 Å². The van der Waals surface area contributed by atoms with Crippen LogP contribution in [0.2, 0.25) is 0 Å². The summed E-state index contributed by atoms with van der Waals surface area (Å²) in [6, 6.07) is 5.25. The normalized spacial score (nSPS) is 10.9. The highest BCUT2D eigenvalue weighted by Crippen LogP contribution is 2.24. The maximum Gasteiger partial charge on any atom is 0.322 e. The Morgan fingerprint density at radius 2 is 2.22 bits per heavy atom. The van der Waals surface area contributed by atoms with Crippen LogP contribution in [-0.2, 0) is 16.0 Å². The van der Waals surface area contributed by atoms with Crippen molar-refractivity contribution in [1.82, 2.24) is 9.88 Å². The van der Waals surface area contributed by atoms with Crippen LogP contribution >= 0.6 is 0 Å². The molecular formula is C17H20N2O4. The Morgan fingerprint density at radius 1 is 1.43 bits per heavy atom. The van der Waals surface area contributed by atoms with Crippen molar-refractivity contribution in [2.75, 3.05) is 20.1 Å². The molecule has 1 heterocycles. The Kier molecular flexibility index (Phi) is 5.54. The van der Waals surface area contributed by atoms with Crippen LogP contribution in [0.1, 0.15) is 12.0 Å². The van der Waals surface area contributed by atoms with Crippen molar-refractivity contribution in [2.24, 2.45) is 0 Å². The Labute approximate surface area is 134 Å². The molecule has 0 spiro atoms. The second-order valence-corrected chi connectivity index (χ2v) is 5.37. The fourth-order valence-corrected chi connectivity index (χ4v) is 2.35. The van der Waals surface area contributed by atoms with E-state index in [-0.39, 0.29) is 0 Å².